The molecule has 0 saturated heterocycles. The van der Waals surface area contributed by atoms with Crippen molar-refractivity contribution in [1.82, 2.24) is 0 Å². The maximum Gasteiger partial charge on any atom is 0.303 e. The predicted octanol–water partition coefficient (Wildman–Crippen LogP) is 2.70. The van der Waals surface area contributed by atoms with Gasteiger partial charge in [-0.05, 0) is 0 Å². The zero-order chi connectivity index (χ0) is 13.7. The molecule has 0 aromatic carbocycles. The molecule has 0 atom stereocenters. The summed E-state index contributed by atoms with van der Waals surface area (Å²) in [5.74, 6) is -2.15. The number of hydrogen-bond acceptors (Lipinski definition) is 2. The van der Waals surface area contributed by atoms with Gasteiger partial charge in [-0.1, -0.05) is 27.7 Å². The molecular formula is C12H20Mo2O4-2. The summed E-state index contributed by atoms with van der Waals surface area (Å²) in [6.45, 7) is 17.5. The average molecular weight is 420 g/mol. The van der Waals surface area contributed by atoms with E-state index in [0.29, 0.717) is 0 Å². The first-order valence-electron chi connectivity index (χ1n) is 4.64. The van der Waals surface area contributed by atoms with Crippen LogP contribution < -0.4 is 0 Å². The fraction of sp³-hybridized carbons (Fsp3) is 0.500. The summed E-state index contributed by atoms with van der Waals surface area (Å²) < 4.78 is 0. The summed E-state index contributed by atoms with van der Waals surface area (Å²) in [4.78, 5) is 19.3. The van der Waals surface area contributed by atoms with Gasteiger partial charge in [-0.3, -0.25) is 20.7 Å². The van der Waals surface area contributed by atoms with Crippen LogP contribution in [0, 0.1) is 13.2 Å². The van der Waals surface area contributed by atoms with Gasteiger partial charge in [0.05, 0.1) is 12.8 Å². The molecule has 0 aliphatic carbocycles. The Labute approximate surface area is 138 Å². The van der Waals surface area contributed by atoms with E-state index < -0.39 is 11.9 Å². The van der Waals surface area contributed by atoms with Crippen LogP contribution in [0.25, 0.3) is 0 Å². The van der Waals surface area contributed by atoms with Crippen LogP contribution >= 0.6 is 0 Å². The monoisotopic (exact) mass is 424 g/mol. The Hall–Kier alpha value is -0.203. The second kappa shape index (κ2) is 22.0. The molecule has 106 valence electrons. The second-order valence-corrected chi connectivity index (χ2v) is 3.44. The normalized spacial score (nSPS) is 6.67. The van der Waals surface area contributed by atoms with Crippen molar-refractivity contribution < 1.29 is 61.9 Å². The number of aliphatic carboxylic acids is 2. The molecule has 2 N–H and O–H groups in total. The molecule has 0 bridgehead atoms. The molecule has 0 fully saturated rings. The minimum absolute atomic E-state index is 0. The Kier molecular flexibility index (Phi) is 37.5. The van der Waals surface area contributed by atoms with E-state index in [9.17, 15) is 9.59 Å². The van der Waals surface area contributed by atoms with Gasteiger partial charge in [-0.25, -0.2) is 0 Å². The summed E-state index contributed by atoms with van der Waals surface area (Å²) in [5, 5.41) is 15.8. The quantitative estimate of drug-likeness (QED) is 0.544. The third kappa shape index (κ3) is 150. The van der Waals surface area contributed by atoms with Crippen molar-refractivity contribution in [3.8, 4) is 0 Å². The number of carbonyl (C=O) groups is 2. The van der Waals surface area contributed by atoms with Crippen LogP contribution in [-0.4, -0.2) is 22.2 Å². The van der Waals surface area contributed by atoms with E-state index >= 15 is 0 Å². The summed E-state index contributed by atoms with van der Waals surface area (Å²) in [5.41, 5.74) is 1.83. The van der Waals surface area contributed by atoms with Crippen LogP contribution in [0.15, 0.2) is 11.1 Å². The Morgan fingerprint density at radius 2 is 0.889 bits per heavy atom. The number of carboxylic acid groups (broad SMARTS) is 2. The van der Waals surface area contributed by atoms with E-state index in [0.717, 1.165) is 11.1 Å². The maximum atomic E-state index is 9.64. The van der Waals surface area contributed by atoms with Gasteiger partial charge in [0.25, 0.3) is 0 Å². The molecule has 4 nitrogen and oxygen atoms in total. The van der Waals surface area contributed by atoms with Crippen molar-refractivity contribution in [2.24, 2.45) is 0 Å². The molecule has 0 aliphatic rings. The van der Waals surface area contributed by atoms with Crippen molar-refractivity contribution in [3.05, 3.63) is 24.3 Å². The Morgan fingerprint density at radius 3 is 0.944 bits per heavy atom. The van der Waals surface area contributed by atoms with Crippen molar-refractivity contribution >= 4 is 11.9 Å². The molecule has 0 spiro atoms. The van der Waals surface area contributed by atoms with Gasteiger partial charge >= 0.3 is 11.9 Å². The molecule has 0 heterocycles. The molecule has 0 aliphatic heterocycles. The average Bonchev–Trinajstić information content (AvgIpc) is 1.98. The van der Waals surface area contributed by atoms with Gasteiger partial charge in [0, 0.05) is 42.1 Å². The first-order chi connectivity index (χ1) is 7.09. The summed E-state index contributed by atoms with van der Waals surface area (Å²) in [7, 11) is 0. The van der Waals surface area contributed by atoms with Gasteiger partial charge in [0.15, 0.2) is 0 Å². The van der Waals surface area contributed by atoms with E-state index in [2.05, 4.69) is 0 Å². The van der Waals surface area contributed by atoms with E-state index in [-0.39, 0.29) is 55.0 Å². The Balaban J connectivity index is -0.0000000489. The van der Waals surface area contributed by atoms with Crippen LogP contribution in [-0.2, 0) is 51.7 Å². The molecule has 18 heavy (non-hydrogen) atoms. The number of hydrogen-bond donors (Lipinski definition) is 2. The maximum absolute atomic E-state index is 9.64. The molecule has 0 aromatic heterocycles. The van der Waals surface area contributed by atoms with Gasteiger partial charge in [0.2, 0.25) is 0 Å². The third-order valence-electron chi connectivity index (χ3n) is 0.553. The number of rotatable bonds is 3. The van der Waals surface area contributed by atoms with Crippen LogP contribution in [0.2, 0.25) is 0 Å². The largest absolute Gasteiger partial charge is 0.515 e. The van der Waals surface area contributed by atoms with Crippen molar-refractivity contribution in [2.75, 3.05) is 0 Å². The van der Waals surface area contributed by atoms with Crippen LogP contribution in [0.4, 0.5) is 0 Å². The molecule has 6 heteroatoms. The molecule has 0 unspecified atom stereocenters. The van der Waals surface area contributed by atoms with Crippen molar-refractivity contribution in [3.63, 3.8) is 0 Å². The SMILES string of the molecule is O=C(O)CCC(=O)O.[CH-]=C(C)C.[CH-]=C(C)C.[Mo].[Mo]. The molecular weight excluding hydrogens is 400 g/mol. The zero-order valence-corrected chi connectivity index (χ0v) is 15.1. The van der Waals surface area contributed by atoms with Gasteiger partial charge in [0.1, 0.15) is 0 Å². The molecule has 0 rings (SSSR count). The molecule has 0 aromatic rings. The van der Waals surface area contributed by atoms with E-state index in [1.165, 1.54) is 0 Å². The number of carboxylic acids is 2. The van der Waals surface area contributed by atoms with E-state index in [1.807, 2.05) is 27.7 Å². The minimum Gasteiger partial charge on any atom is -0.515 e. The Morgan fingerprint density at radius 1 is 0.778 bits per heavy atom. The van der Waals surface area contributed by atoms with E-state index in [4.69, 9.17) is 23.4 Å². The molecule has 0 saturated carbocycles. The van der Waals surface area contributed by atoms with Crippen LogP contribution in [0.3, 0.4) is 0 Å². The fourth-order valence-electron chi connectivity index (χ4n) is 0.214. The summed E-state index contributed by atoms with van der Waals surface area (Å²) >= 11 is 0. The van der Waals surface area contributed by atoms with Crippen LogP contribution in [0.5, 0.6) is 0 Å². The Bertz CT molecular complexity index is 216. The van der Waals surface area contributed by atoms with Gasteiger partial charge in [-0.15, -0.1) is 0 Å². The minimum atomic E-state index is -1.08. The fourth-order valence-corrected chi connectivity index (χ4v) is 0.214. The zero-order valence-electron chi connectivity index (χ0n) is 11.1. The first-order valence-corrected chi connectivity index (χ1v) is 4.64. The summed E-state index contributed by atoms with van der Waals surface area (Å²) in [6.07, 6.45) is -0.593. The summed E-state index contributed by atoms with van der Waals surface area (Å²) in [6, 6.07) is 0. The standard InChI is InChI=1S/C4H6O4.2C4H7.2Mo/c5-3(6)1-2-4(7)8;2*1-4(2)3;;/h1-2H2,(H,5,6)(H,7,8);2*1H,2-3H3;;/q;2*-1;;. The van der Waals surface area contributed by atoms with Crippen LogP contribution in [0.1, 0.15) is 40.5 Å². The van der Waals surface area contributed by atoms with Crippen molar-refractivity contribution in [1.29, 1.82) is 0 Å². The predicted molar refractivity (Wildman–Crippen MR) is 62.8 cm³/mol. The molecule has 0 radical (unpaired) electrons. The first kappa shape index (κ1) is 30.7. The second-order valence-electron chi connectivity index (χ2n) is 3.44. The van der Waals surface area contributed by atoms with Crippen molar-refractivity contribution in [2.45, 2.75) is 40.5 Å². The van der Waals surface area contributed by atoms with Gasteiger partial charge in [-0.2, -0.15) is 0 Å². The number of allylic oxidation sites excluding steroid dienone is 2. The smallest absolute Gasteiger partial charge is 0.303 e. The van der Waals surface area contributed by atoms with Gasteiger partial charge < -0.3 is 23.4 Å². The van der Waals surface area contributed by atoms with E-state index in [1.54, 1.807) is 0 Å². The topological polar surface area (TPSA) is 74.6 Å². The third-order valence-corrected chi connectivity index (χ3v) is 0.553. The molecule has 0 amide bonds.